The smallest absolute Gasteiger partial charge is 0.490 e. The Balaban J connectivity index is 2.10. The summed E-state index contributed by atoms with van der Waals surface area (Å²) in [4.78, 5) is 60.4. The van der Waals surface area contributed by atoms with Gasteiger partial charge >= 0.3 is 29.2 Å². The normalized spacial score (nSPS) is 28.7. The molecule has 1 saturated heterocycles. The summed E-state index contributed by atoms with van der Waals surface area (Å²) in [6, 6.07) is 0. The Labute approximate surface area is 165 Å². The molecule has 0 aromatic carbocycles. The number of H-pyrrole nitrogens is 1. The van der Waals surface area contributed by atoms with Gasteiger partial charge in [-0.3, -0.25) is 18.9 Å². The van der Waals surface area contributed by atoms with Gasteiger partial charge in [0, 0.05) is 6.42 Å². The van der Waals surface area contributed by atoms with E-state index in [1.54, 1.807) is 0 Å². The van der Waals surface area contributed by atoms with Crippen LogP contribution in [-0.4, -0.2) is 58.2 Å². The second-order valence-electron chi connectivity index (χ2n) is 6.13. The molecule has 0 aliphatic carbocycles. The van der Waals surface area contributed by atoms with E-state index in [1.807, 2.05) is 4.98 Å². The number of rotatable bonds is 8. The topological polar surface area (TPSA) is 264 Å². The average molecular weight is 498 g/mol. The Morgan fingerprint density at radius 2 is 1.80 bits per heavy atom. The van der Waals surface area contributed by atoms with Gasteiger partial charge in [-0.15, -0.1) is 0 Å². The Morgan fingerprint density at radius 3 is 2.37 bits per heavy atom. The summed E-state index contributed by atoms with van der Waals surface area (Å²) in [5, 5.41) is 19.6. The lowest BCUT2D eigenvalue weighted by Crippen LogP contribution is -2.42. The largest absolute Gasteiger partial charge is 0.502 e. The van der Waals surface area contributed by atoms with E-state index in [0.29, 0.717) is 0 Å². The van der Waals surface area contributed by atoms with Crippen LogP contribution >= 0.6 is 23.5 Å². The van der Waals surface area contributed by atoms with E-state index in [2.05, 4.69) is 13.1 Å². The van der Waals surface area contributed by atoms with Crippen LogP contribution in [0, 0.1) is 0 Å². The first kappa shape index (κ1) is 25.1. The molecule has 1 aliphatic heterocycles. The zero-order chi connectivity index (χ0) is 23.1. The molecule has 0 radical (unpaired) electrons. The number of ether oxygens (including phenoxy) is 1. The van der Waals surface area contributed by atoms with Gasteiger partial charge in [-0.1, -0.05) is 0 Å². The van der Waals surface area contributed by atoms with Crippen molar-refractivity contribution < 1.29 is 61.4 Å². The molecule has 0 spiro atoms. The van der Waals surface area contributed by atoms with Gasteiger partial charge < -0.3 is 34.5 Å². The lowest BCUT2D eigenvalue weighted by Gasteiger charge is -2.26. The Hall–Kier alpha value is -1.19. The zero-order valence-corrected chi connectivity index (χ0v) is 17.5. The van der Waals surface area contributed by atoms with Crippen molar-refractivity contribution in [2.24, 2.45) is 0 Å². The van der Waals surface area contributed by atoms with Crippen molar-refractivity contribution in [1.82, 2.24) is 9.55 Å². The van der Waals surface area contributed by atoms with Crippen LogP contribution in [0.3, 0.4) is 0 Å². The predicted molar refractivity (Wildman–Crippen MR) is 91.9 cm³/mol. The lowest BCUT2D eigenvalue weighted by molar-refractivity contribution is -0.107. The van der Waals surface area contributed by atoms with Crippen molar-refractivity contribution in [3.63, 3.8) is 0 Å². The number of aliphatic hydroxyl groups is 1. The molecule has 1 aromatic rings. The molecule has 2 unspecified atom stereocenters. The van der Waals surface area contributed by atoms with Gasteiger partial charge in [0.05, 0.1) is 18.9 Å². The number of nitrogens with one attached hydrogen (secondary N) is 1. The average Bonchev–Trinajstić information content (AvgIpc) is 2.80. The number of phosphoric ester groups is 1. The summed E-state index contributed by atoms with van der Waals surface area (Å²) in [7, 11) is -16.7. The number of hydrogen-bond donors (Lipinski definition) is 7. The fraction of sp³-hybridized carbons (Fsp3) is 0.600. The minimum absolute atomic E-state index is 0.317. The number of nitrogens with zero attached hydrogens (tertiary/aromatic N) is 1. The fourth-order valence-corrected chi connectivity index (χ4v) is 5.59. The predicted octanol–water partition coefficient (Wildman–Crippen LogP) is -1.59. The second kappa shape index (κ2) is 8.39. The molecule has 7 N–H and O–H groups in total. The van der Waals surface area contributed by atoms with Gasteiger partial charge in [-0.05, 0) is 6.92 Å². The van der Waals surface area contributed by atoms with E-state index in [-0.39, 0.29) is 6.42 Å². The third kappa shape index (κ3) is 6.40. The first-order chi connectivity index (χ1) is 13.4. The van der Waals surface area contributed by atoms with E-state index >= 15 is 0 Å². The van der Waals surface area contributed by atoms with Crippen molar-refractivity contribution in [2.45, 2.75) is 31.3 Å². The van der Waals surface area contributed by atoms with Gasteiger partial charge in [-0.2, -0.15) is 8.62 Å². The van der Waals surface area contributed by atoms with E-state index in [4.69, 9.17) is 19.4 Å². The SMILES string of the molecule is C[C@]1(n2cc(O)c(=O)[nH]c2=O)C[C@H](O)[C@@H](COP(=O)(O)OP(=O)(O)OP(=O)(O)O)O1. The first-order valence-electron chi connectivity index (χ1n) is 7.63. The van der Waals surface area contributed by atoms with Gasteiger partial charge in [0.1, 0.15) is 11.8 Å². The van der Waals surface area contributed by atoms with Crippen LogP contribution in [0.2, 0.25) is 0 Å². The minimum atomic E-state index is -5.71. The molecule has 30 heavy (non-hydrogen) atoms. The van der Waals surface area contributed by atoms with Crippen molar-refractivity contribution in [3.8, 4) is 5.75 Å². The minimum Gasteiger partial charge on any atom is -0.502 e. The molecule has 172 valence electrons. The highest BCUT2D eigenvalue weighted by molar-refractivity contribution is 7.66. The van der Waals surface area contributed by atoms with E-state index < -0.39 is 65.0 Å². The molecule has 0 saturated carbocycles. The van der Waals surface area contributed by atoms with Gasteiger partial charge in [-0.25, -0.2) is 18.5 Å². The van der Waals surface area contributed by atoms with Crippen LogP contribution in [-0.2, 0) is 37.3 Å². The quantitative estimate of drug-likeness (QED) is 0.199. The Bertz CT molecular complexity index is 1060. The fourth-order valence-electron chi connectivity index (χ4n) is 2.56. The van der Waals surface area contributed by atoms with Crippen molar-refractivity contribution in [3.05, 3.63) is 27.0 Å². The number of aliphatic hydroxyl groups excluding tert-OH is 1. The molecule has 1 aromatic heterocycles. The summed E-state index contributed by atoms with van der Waals surface area (Å²) in [5.41, 5.74) is -3.72. The molecule has 17 nitrogen and oxygen atoms in total. The highest BCUT2D eigenvalue weighted by Crippen LogP contribution is 2.66. The van der Waals surface area contributed by atoms with Gasteiger partial charge in [0.25, 0.3) is 5.56 Å². The number of aromatic amines is 1. The molecular weight excluding hydrogens is 481 g/mol. The van der Waals surface area contributed by atoms with E-state index in [0.717, 1.165) is 10.8 Å². The monoisotopic (exact) mass is 498 g/mol. The molecule has 2 heterocycles. The van der Waals surface area contributed by atoms with Crippen LogP contribution < -0.4 is 11.2 Å². The third-order valence-corrected chi connectivity index (χ3v) is 7.48. The summed E-state index contributed by atoms with van der Waals surface area (Å²) in [6.45, 7) is 0.324. The molecule has 0 amide bonds. The van der Waals surface area contributed by atoms with Crippen LogP contribution in [0.5, 0.6) is 5.75 Å². The zero-order valence-electron chi connectivity index (χ0n) is 14.8. The number of phosphoric acid groups is 3. The lowest BCUT2D eigenvalue weighted by atomic mass is 10.1. The Kier molecular flexibility index (Phi) is 7.01. The highest BCUT2D eigenvalue weighted by atomic mass is 31.3. The van der Waals surface area contributed by atoms with Crippen molar-refractivity contribution in [2.75, 3.05) is 6.61 Å². The van der Waals surface area contributed by atoms with Crippen LogP contribution in [0.15, 0.2) is 15.8 Å². The molecule has 5 atom stereocenters. The van der Waals surface area contributed by atoms with Crippen LogP contribution in [0.25, 0.3) is 0 Å². The molecular formula is C10H17N2O15P3. The molecule has 2 rings (SSSR count). The number of aromatic nitrogens is 2. The maximum absolute atomic E-state index is 11.9. The maximum Gasteiger partial charge on any atom is 0.490 e. The maximum atomic E-state index is 11.9. The summed E-state index contributed by atoms with van der Waals surface area (Å²) >= 11 is 0. The van der Waals surface area contributed by atoms with E-state index in [9.17, 15) is 38.4 Å². The third-order valence-electron chi connectivity index (χ3n) is 3.67. The van der Waals surface area contributed by atoms with Crippen molar-refractivity contribution in [1.29, 1.82) is 0 Å². The van der Waals surface area contributed by atoms with E-state index in [1.165, 1.54) is 6.92 Å². The summed E-state index contributed by atoms with van der Waals surface area (Å²) in [5.74, 6) is -0.828. The standard InChI is InChI=1S/C10H17N2O15P3/c1-10(12-3-6(14)8(15)11-9(12)16)2-5(13)7(25-10)4-24-29(20,21)27-30(22,23)26-28(17,18)19/h3,5,7,13-14H,2,4H2,1H3,(H,20,21)(H,22,23)(H,11,15,16)(H2,17,18,19)/t5-,7+,10+/m0/s1. The van der Waals surface area contributed by atoms with Gasteiger partial charge in [0.15, 0.2) is 5.75 Å². The molecule has 1 fully saturated rings. The van der Waals surface area contributed by atoms with Crippen LogP contribution in [0.4, 0.5) is 0 Å². The molecule has 0 bridgehead atoms. The Morgan fingerprint density at radius 1 is 1.20 bits per heavy atom. The summed E-state index contributed by atoms with van der Waals surface area (Å²) < 4.78 is 51.2. The number of hydrogen-bond acceptors (Lipinski definition) is 11. The summed E-state index contributed by atoms with van der Waals surface area (Å²) in [6.07, 6.45) is -2.41. The second-order valence-corrected chi connectivity index (χ2v) is 10.6. The molecule has 1 aliphatic rings. The molecule has 20 heteroatoms. The first-order valence-corrected chi connectivity index (χ1v) is 12.1. The van der Waals surface area contributed by atoms with Crippen LogP contribution in [0.1, 0.15) is 13.3 Å². The highest BCUT2D eigenvalue weighted by Gasteiger charge is 2.47. The van der Waals surface area contributed by atoms with Crippen molar-refractivity contribution >= 4 is 23.5 Å². The number of aromatic hydroxyl groups is 1. The van der Waals surface area contributed by atoms with Gasteiger partial charge in [0.2, 0.25) is 0 Å².